The van der Waals surface area contributed by atoms with Gasteiger partial charge in [-0.25, -0.2) is 0 Å². The molecule has 0 aromatic carbocycles. The van der Waals surface area contributed by atoms with Crippen LogP contribution in [-0.2, 0) is 22.9 Å². The van der Waals surface area contributed by atoms with Crippen LogP contribution in [0.3, 0.4) is 0 Å². The number of carbonyl (C=O) groups excluding carboxylic acids is 1. The van der Waals surface area contributed by atoms with Crippen LogP contribution in [-0.4, -0.2) is 53.3 Å². The van der Waals surface area contributed by atoms with Crippen molar-refractivity contribution in [2.75, 3.05) is 27.5 Å². The van der Waals surface area contributed by atoms with E-state index in [-0.39, 0.29) is 29.8 Å². The number of hydrogen-bond donors (Lipinski definition) is 2. The number of carbonyl (C=O) groups is 2. The molecule has 0 bridgehead atoms. The zero-order chi connectivity index (χ0) is 23.2. The van der Waals surface area contributed by atoms with E-state index in [1.165, 1.54) is 21.3 Å². The first kappa shape index (κ1) is 28.5. The first-order chi connectivity index (χ1) is 14.1. The van der Waals surface area contributed by atoms with Crippen molar-refractivity contribution >= 4 is 20.7 Å². The van der Waals surface area contributed by atoms with Gasteiger partial charge in [0.15, 0.2) is 0 Å². The van der Waals surface area contributed by atoms with Gasteiger partial charge in [0.1, 0.15) is 0 Å². The lowest BCUT2D eigenvalue weighted by molar-refractivity contribution is -0.145. The Morgan fingerprint density at radius 2 is 1.73 bits per heavy atom. The number of rotatable bonds is 16. The zero-order valence-electron chi connectivity index (χ0n) is 19.7. The van der Waals surface area contributed by atoms with Gasteiger partial charge in [0.05, 0.1) is 12.1 Å². The predicted molar refractivity (Wildman–Crippen MR) is 121 cm³/mol. The Hall–Kier alpha value is -1.48. The molecule has 8 heteroatoms. The van der Waals surface area contributed by atoms with Crippen molar-refractivity contribution in [1.82, 2.24) is 5.32 Å². The van der Waals surface area contributed by atoms with E-state index in [1.54, 1.807) is 0 Å². The van der Waals surface area contributed by atoms with Gasteiger partial charge in [0, 0.05) is 27.8 Å². The van der Waals surface area contributed by atoms with E-state index >= 15 is 0 Å². The SMILES string of the molecule is C/C=C/C(CC/C=C/CC(C)(C)CC)C(CC(=O)NC[Si](OC)(OC)OC)C(=O)O. The van der Waals surface area contributed by atoms with Gasteiger partial charge in [-0.3, -0.25) is 9.59 Å². The molecule has 2 N–H and O–H groups in total. The summed E-state index contributed by atoms with van der Waals surface area (Å²) in [4.78, 5) is 24.3. The van der Waals surface area contributed by atoms with Crippen molar-refractivity contribution < 1.29 is 28.0 Å². The molecular formula is C22H41NO6Si. The molecule has 7 nitrogen and oxygen atoms in total. The largest absolute Gasteiger partial charge is 0.520 e. The van der Waals surface area contributed by atoms with Crippen LogP contribution in [0.2, 0.25) is 0 Å². The topological polar surface area (TPSA) is 94.1 Å². The Bertz CT molecular complexity index is 564. The molecule has 0 aromatic heterocycles. The second-order valence-electron chi connectivity index (χ2n) is 8.18. The molecule has 0 aromatic rings. The Kier molecular flexibility index (Phi) is 13.8. The van der Waals surface area contributed by atoms with Crippen LogP contribution in [0.25, 0.3) is 0 Å². The minimum Gasteiger partial charge on any atom is -0.481 e. The molecule has 1 amide bonds. The molecule has 30 heavy (non-hydrogen) atoms. The van der Waals surface area contributed by atoms with Gasteiger partial charge in [-0.15, -0.1) is 0 Å². The van der Waals surface area contributed by atoms with Gasteiger partial charge in [0.2, 0.25) is 5.91 Å². The smallest absolute Gasteiger partial charge is 0.481 e. The van der Waals surface area contributed by atoms with Gasteiger partial charge in [-0.1, -0.05) is 51.5 Å². The summed E-state index contributed by atoms with van der Waals surface area (Å²) in [6.07, 6.45) is 11.5. The van der Waals surface area contributed by atoms with Crippen LogP contribution in [0.15, 0.2) is 24.3 Å². The number of amides is 1. The number of carboxylic acids is 1. The monoisotopic (exact) mass is 443 g/mol. The van der Waals surface area contributed by atoms with Crippen LogP contribution in [0.5, 0.6) is 0 Å². The lowest BCUT2D eigenvalue weighted by atomic mass is 9.84. The molecule has 0 saturated heterocycles. The van der Waals surface area contributed by atoms with Crippen LogP contribution >= 0.6 is 0 Å². The minimum atomic E-state index is -2.95. The lowest BCUT2D eigenvalue weighted by Crippen LogP contribution is -2.53. The molecule has 0 heterocycles. The van der Waals surface area contributed by atoms with Crippen LogP contribution < -0.4 is 5.32 Å². The van der Waals surface area contributed by atoms with Crippen molar-refractivity contribution in [3.05, 3.63) is 24.3 Å². The highest BCUT2D eigenvalue weighted by molar-refractivity contribution is 6.61. The first-order valence-corrected chi connectivity index (χ1v) is 12.5. The van der Waals surface area contributed by atoms with Gasteiger partial charge in [-0.2, -0.15) is 0 Å². The summed E-state index contributed by atoms with van der Waals surface area (Å²) in [5, 5.41) is 12.4. The summed E-state index contributed by atoms with van der Waals surface area (Å²) in [5.74, 6) is -2.36. The molecule has 0 aliphatic rings. The maximum Gasteiger partial charge on any atom is 0.520 e. The predicted octanol–water partition coefficient (Wildman–Crippen LogP) is 3.97. The van der Waals surface area contributed by atoms with E-state index in [1.807, 2.05) is 19.1 Å². The second-order valence-corrected chi connectivity index (χ2v) is 11.1. The lowest BCUT2D eigenvalue weighted by Gasteiger charge is -2.25. The Morgan fingerprint density at radius 3 is 2.20 bits per heavy atom. The molecule has 0 radical (unpaired) electrons. The van der Waals surface area contributed by atoms with Crippen molar-refractivity contribution in [3.63, 3.8) is 0 Å². The highest BCUT2D eigenvalue weighted by atomic mass is 28.4. The standard InChI is InChI=1S/C22H41NO6Si/c1-8-13-18(14-11-10-12-15-22(3,4)9-2)19(21(25)26)16-20(24)23-17-30(27-5,28-6)29-7/h8,10,12-13,18-19H,9,11,14-17H2,1-7H3,(H,23,24)(H,25,26)/b12-10+,13-8+. The van der Waals surface area contributed by atoms with Crippen LogP contribution in [0.4, 0.5) is 0 Å². The van der Waals surface area contributed by atoms with Gasteiger partial charge >= 0.3 is 14.8 Å². The van der Waals surface area contributed by atoms with Crippen LogP contribution in [0, 0.1) is 17.3 Å². The third kappa shape index (κ3) is 10.5. The molecule has 0 rings (SSSR count). The van der Waals surface area contributed by atoms with Gasteiger partial charge in [-0.05, 0) is 37.5 Å². The van der Waals surface area contributed by atoms with E-state index in [0.29, 0.717) is 6.42 Å². The van der Waals surface area contributed by atoms with E-state index in [0.717, 1.165) is 19.3 Å². The van der Waals surface area contributed by atoms with E-state index in [9.17, 15) is 14.7 Å². The molecule has 0 aliphatic carbocycles. The van der Waals surface area contributed by atoms with Crippen molar-refractivity contribution in [1.29, 1.82) is 0 Å². The summed E-state index contributed by atoms with van der Waals surface area (Å²) in [6.45, 7) is 8.50. The number of hydrogen-bond acceptors (Lipinski definition) is 5. The number of aliphatic carboxylic acids is 1. The summed E-state index contributed by atoms with van der Waals surface area (Å²) in [6, 6.07) is 0. The summed E-state index contributed by atoms with van der Waals surface area (Å²) in [7, 11) is 1.43. The molecule has 0 saturated carbocycles. The maximum atomic E-state index is 12.4. The average molecular weight is 444 g/mol. The molecule has 174 valence electrons. The highest BCUT2D eigenvalue weighted by Crippen LogP contribution is 2.26. The Morgan fingerprint density at radius 1 is 1.13 bits per heavy atom. The molecule has 0 aliphatic heterocycles. The fourth-order valence-corrected chi connectivity index (χ4v) is 4.35. The van der Waals surface area contributed by atoms with Crippen molar-refractivity contribution in [2.45, 2.75) is 59.8 Å². The van der Waals surface area contributed by atoms with E-state index in [2.05, 4.69) is 38.2 Å². The molecule has 2 atom stereocenters. The first-order valence-electron chi connectivity index (χ1n) is 10.5. The van der Waals surface area contributed by atoms with Gasteiger partial charge < -0.3 is 23.7 Å². The number of nitrogens with one attached hydrogen (secondary N) is 1. The molecule has 0 fully saturated rings. The van der Waals surface area contributed by atoms with Crippen molar-refractivity contribution in [2.24, 2.45) is 17.3 Å². The van der Waals surface area contributed by atoms with E-state index in [4.69, 9.17) is 13.3 Å². The fourth-order valence-electron chi connectivity index (χ4n) is 3.00. The maximum absolute atomic E-state index is 12.4. The third-order valence-corrected chi connectivity index (χ3v) is 8.05. The normalized spacial score (nSPS) is 14.9. The van der Waals surface area contributed by atoms with Gasteiger partial charge in [0.25, 0.3) is 0 Å². The number of allylic oxidation sites excluding steroid dienone is 4. The van der Waals surface area contributed by atoms with Crippen LogP contribution in [0.1, 0.15) is 59.8 Å². The molecular weight excluding hydrogens is 402 g/mol. The molecule has 0 spiro atoms. The average Bonchev–Trinajstić information content (AvgIpc) is 2.72. The Balaban J connectivity index is 4.95. The Labute approximate surface area is 183 Å². The summed E-state index contributed by atoms with van der Waals surface area (Å²) in [5.41, 5.74) is 0.270. The molecule has 2 unspecified atom stereocenters. The quantitative estimate of drug-likeness (QED) is 0.277. The highest BCUT2D eigenvalue weighted by Gasteiger charge is 2.39. The minimum absolute atomic E-state index is 0.0892. The van der Waals surface area contributed by atoms with E-state index < -0.39 is 20.7 Å². The number of carboxylic acid groups (broad SMARTS) is 1. The second kappa shape index (κ2) is 14.5. The summed E-state index contributed by atoms with van der Waals surface area (Å²) < 4.78 is 15.8. The summed E-state index contributed by atoms with van der Waals surface area (Å²) >= 11 is 0. The van der Waals surface area contributed by atoms with Crippen molar-refractivity contribution in [3.8, 4) is 0 Å². The third-order valence-electron chi connectivity index (χ3n) is 5.57. The zero-order valence-corrected chi connectivity index (χ0v) is 20.7. The fraction of sp³-hybridized carbons (Fsp3) is 0.727.